The van der Waals surface area contributed by atoms with E-state index in [9.17, 15) is 9.18 Å². The van der Waals surface area contributed by atoms with Crippen LogP contribution in [0, 0.1) is 17.1 Å². The van der Waals surface area contributed by atoms with E-state index in [0.29, 0.717) is 12.0 Å². The number of nitrogens with one attached hydrogen (secondary N) is 1. The van der Waals surface area contributed by atoms with E-state index in [0.717, 1.165) is 0 Å². The van der Waals surface area contributed by atoms with Gasteiger partial charge in [-0.2, -0.15) is 5.26 Å². The van der Waals surface area contributed by atoms with Crippen LogP contribution in [-0.2, 0) is 11.2 Å². The highest BCUT2D eigenvalue weighted by atomic mass is 19.1. The number of nitrogens with zero attached hydrogens (tertiary/aromatic N) is 1. The van der Waals surface area contributed by atoms with Gasteiger partial charge >= 0.3 is 0 Å². The Labute approximate surface area is 100 Å². The first-order valence-electron chi connectivity index (χ1n) is 5.46. The van der Waals surface area contributed by atoms with Gasteiger partial charge in [-0.3, -0.25) is 4.79 Å². The second kappa shape index (κ2) is 5.44. The highest BCUT2D eigenvalue weighted by molar-refractivity contribution is 5.79. The molecule has 0 aliphatic carbocycles. The molecule has 0 aliphatic heterocycles. The van der Waals surface area contributed by atoms with E-state index in [1.807, 2.05) is 13.0 Å². The van der Waals surface area contributed by atoms with Crippen molar-refractivity contribution in [2.75, 3.05) is 0 Å². The van der Waals surface area contributed by atoms with Crippen LogP contribution < -0.4 is 5.32 Å². The fourth-order valence-electron chi connectivity index (χ4n) is 1.36. The minimum atomic E-state index is -0.887. The van der Waals surface area contributed by atoms with Crippen LogP contribution in [0.2, 0.25) is 0 Å². The Balaban J connectivity index is 2.69. The van der Waals surface area contributed by atoms with Crippen molar-refractivity contribution in [3.8, 4) is 6.07 Å². The molecule has 1 aromatic carbocycles. The summed E-state index contributed by atoms with van der Waals surface area (Å²) in [6.45, 7) is 3.46. The minimum absolute atomic E-state index is 0.0516. The summed E-state index contributed by atoms with van der Waals surface area (Å²) in [5.41, 5.74) is -0.552. The van der Waals surface area contributed by atoms with Crippen molar-refractivity contribution in [1.82, 2.24) is 5.32 Å². The zero-order chi connectivity index (χ0) is 12.9. The molecule has 0 unspecified atom stereocenters. The van der Waals surface area contributed by atoms with Crippen molar-refractivity contribution in [3.05, 3.63) is 35.6 Å². The maximum Gasteiger partial charge on any atom is 0.225 e. The molecule has 0 heterocycles. The SMILES string of the molecule is CC[C@@](C)(C#N)NC(=O)Cc1ccccc1F. The maximum absolute atomic E-state index is 13.3. The Kier molecular flexibility index (Phi) is 4.22. The number of benzene rings is 1. The Morgan fingerprint density at radius 2 is 2.18 bits per heavy atom. The van der Waals surface area contributed by atoms with Crippen molar-refractivity contribution in [2.45, 2.75) is 32.2 Å². The first-order valence-corrected chi connectivity index (χ1v) is 5.46. The Morgan fingerprint density at radius 3 is 2.71 bits per heavy atom. The molecule has 0 radical (unpaired) electrons. The fraction of sp³-hybridized carbons (Fsp3) is 0.385. The van der Waals surface area contributed by atoms with E-state index >= 15 is 0 Å². The lowest BCUT2D eigenvalue weighted by atomic mass is 10.0. The van der Waals surface area contributed by atoms with Gasteiger partial charge in [0.05, 0.1) is 12.5 Å². The van der Waals surface area contributed by atoms with Crippen LogP contribution in [0.15, 0.2) is 24.3 Å². The molecular formula is C13H15FN2O. The molecule has 0 aliphatic rings. The number of carbonyl (C=O) groups is 1. The average Bonchev–Trinajstić information content (AvgIpc) is 2.32. The molecule has 3 nitrogen and oxygen atoms in total. The summed E-state index contributed by atoms with van der Waals surface area (Å²) in [7, 11) is 0. The lowest BCUT2D eigenvalue weighted by Crippen LogP contribution is -2.45. The molecular weight excluding hydrogens is 219 g/mol. The molecule has 0 saturated heterocycles. The van der Waals surface area contributed by atoms with Gasteiger partial charge in [0.15, 0.2) is 0 Å². The first kappa shape index (κ1) is 13.2. The molecule has 1 aromatic rings. The zero-order valence-corrected chi connectivity index (χ0v) is 9.96. The molecule has 1 amide bonds. The van der Waals surface area contributed by atoms with Crippen LogP contribution in [0.3, 0.4) is 0 Å². The molecule has 0 fully saturated rings. The summed E-state index contributed by atoms with van der Waals surface area (Å²) in [5.74, 6) is -0.751. The van der Waals surface area contributed by atoms with Crippen molar-refractivity contribution in [3.63, 3.8) is 0 Å². The van der Waals surface area contributed by atoms with Crippen molar-refractivity contribution in [2.24, 2.45) is 0 Å². The van der Waals surface area contributed by atoms with E-state index < -0.39 is 11.4 Å². The van der Waals surface area contributed by atoms with E-state index in [-0.39, 0.29) is 12.3 Å². The van der Waals surface area contributed by atoms with E-state index in [1.165, 1.54) is 6.07 Å². The molecule has 17 heavy (non-hydrogen) atoms. The highest BCUT2D eigenvalue weighted by Crippen LogP contribution is 2.10. The molecule has 0 aromatic heterocycles. The van der Waals surface area contributed by atoms with Gasteiger partial charge in [-0.15, -0.1) is 0 Å². The number of nitriles is 1. The van der Waals surface area contributed by atoms with Gasteiger partial charge in [0.2, 0.25) is 5.91 Å². The monoisotopic (exact) mass is 234 g/mol. The molecule has 4 heteroatoms. The third kappa shape index (κ3) is 3.56. The van der Waals surface area contributed by atoms with Gasteiger partial charge in [-0.25, -0.2) is 4.39 Å². The number of hydrogen-bond donors (Lipinski definition) is 1. The standard InChI is InChI=1S/C13H15FN2O/c1-3-13(2,9-15)16-12(17)8-10-6-4-5-7-11(10)14/h4-7H,3,8H2,1-2H3,(H,16,17)/t13-/m0/s1. The number of hydrogen-bond acceptors (Lipinski definition) is 2. The Bertz CT molecular complexity index is 453. The largest absolute Gasteiger partial charge is 0.338 e. The Hall–Kier alpha value is -1.89. The summed E-state index contributed by atoms with van der Waals surface area (Å²) in [6.07, 6.45) is 0.455. The summed E-state index contributed by atoms with van der Waals surface area (Å²) < 4.78 is 13.3. The van der Waals surface area contributed by atoms with Crippen LogP contribution in [0.5, 0.6) is 0 Å². The van der Waals surface area contributed by atoms with Crippen LogP contribution in [0.1, 0.15) is 25.8 Å². The first-order chi connectivity index (χ1) is 8.00. The van der Waals surface area contributed by atoms with E-state index in [4.69, 9.17) is 5.26 Å². The maximum atomic E-state index is 13.3. The van der Waals surface area contributed by atoms with Crippen molar-refractivity contribution >= 4 is 5.91 Å². The summed E-state index contributed by atoms with van der Waals surface area (Å²) in [5, 5.41) is 11.5. The second-order valence-electron chi connectivity index (χ2n) is 4.11. The smallest absolute Gasteiger partial charge is 0.225 e. The molecule has 1 atom stereocenters. The van der Waals surface area contributed by atoms with Gasteiger partial charge in [-0.05, 0) is 25.0 Å². The quantitative estimate of drug-likeness (QED) is 0.868. The third-order valence-electron chi connectivity index (χ3n) is 2.68. The van der Waals surface area contributed by atoms with Crippen LogP contribution in [0.4, 0.5) is 4.39 Å². The third-order valence-corrected chi connectivity index (χ3v) is 2.68. The van der Waals surface area contributed by atoms with Crippen molar-refractivity contribution in [1.29, 1.82) is 5.26 Å². The molecule has 1 rings (SSSR count). The lowest BCUT2D eigenvalue weighted by molar-refractivity contribution is -0.121. The van der Waals surface area contributed by atoms with Gasteiger partial charge in [0.1, 0.15) is 11.4 Å². The molecule has 90 valence electrons. The average molecular weight is 234 g/mol. The van der Waals surface area contributed by atoms with Gasteiger partial charge < -0.3 is 5.32 Å². The summed E-state index contributed by atoms with van der Waals surface area (Å²) >= 11 is 0. The molecule has 1 N–H and O–H groups in total. The topological polar surface area (TPSA) is 52.9 Å². The van der Waals surface area contributed by atoms with E-state index in [1.54, 1.807) is 25.1 Å². The van der Waals surface area contributed by atoms with Gasteiger partial charge in [-0.1, -0.05) is 25.1 Å². The fourth-order valence-corrected chi connectivity index (χ4v) is 1.36. The summed E-state index contributed by atoms with van der Waals surface area (Å²) in [6, 6.07) is 8.15. The van der Waals surface area contributed by atoms with Gasteiger partial charge in [0, 0.05) is 0 Å². The van der Waals surface area contributed by atoms with Crippen molar-refractivity contribution < 1.29 is 9.18 Å². The predicted octanol–water partition coefficient (Wildman–Crippen LogP) is 2.18. The number of amides is 1. The van der Waals surface area contributed by atoms with Crippen LogP contribution in [0.25, 0.3) is 0 Å². The highest BCUT2D eigenvalue weighted by Gasteiger charge is 2.23. The summed E-state index contributed by atoms with van der Waals surface area (Å²) in [4.78, 5) is 11.7. The normalized spacial score (nSPS) is 13.5. The number of halogens is 1. The lowest BCUT2D eigenvalue weighted by Gasteiger charge is -2.21. The zero-order valence-electron chi connectivity index (χ0n) is 9.96. The second-order valence-corrected chi connectivity index (χ2v) is 4.11. The van der Waals surface area contributed by atoms with E-state index in [2.05, 4.69) is 5.32 Å². The molecule has 0 bridgehead atoms. The molecule has 0 saturated carbocycles. The number of rotatable bonds is 4. The van der Waals surface area contributed by atoms with Crippen LogP contribution >= 0.6 is 0 Å². The number of carbonyl (C=O) groups excluding carboxylic acids is 1. The predicted molar refractivity (Wildman–Crippen MR) is 62.6 cm³/mol. The van der Waals surface area contributed by atoms with Crippen LogP contribution in [-0.4, -0.2) is 11.4 Å². The van der Waals surface area contributed by atoms with Gasteiger partial charge in [0.25, 0.3) is 0 Å². The minimum Gasteiger partial charge on any atom is -0.338 e. The Morgan fingerprint density at radius 1 is 1.53 bits per heavy atom. The molecule has 0 spiro atoms.